The average molecular weight is 189 g/mol. The van der Waals surface area contributed by atoms with Gasteiger partial charge in [0.25, 0.3) is 0 Å². The highest BCUT2D eigenvalue weighted by Gasteiger charge is 2.13. The van der Waals surface area contributed by atoms with Crippen LogP contribution in [0.15, 0.2) is 24.3 Å². The van der Waals surface area contributed by atoms with Crippen LogP contribution in [-0.2, 0) is 11.8 Å². The number of hydrogen-bond donors (Lipinski definition) is 0. The van der Waals surface area contributed by atoms with Crippen LogP contribution in [0.3, 0.4) is 0 Å². The predicted octanol–water partition coefficient (Wildman–Crippen LogP) is 4.00. The molecule has 1 radical (unpaired) electrons. The summed E-state index contributed by atoms with van der Waals surface area (Å²) in [5, 5.41) is 0. The number of hydrogen-bond acceptors (Lipinski definition) is 0. The molecule has 0 aliphatic carbocycles. The van der Waals surface area contributed by atoms with Gasteiger partial charge in [-0.2, -0.15) is 0 Å². The van der Waals surface area contributed by atoms with Crippen LogP contribution in [0.2, 0.25) is 0 Å². The maximum absolute atomic E-state index is 4.03. The van der Waals surface area contributed by atoms with Crippen LogP contribution in [0.5, 0.6) is 0 Å². The molecule has 1 atom stereocenters. The van der Waals surface area contributed by atoms with E-state index in [0.29, 0.717) is 5.92 Å². The largest absolute Gasteiger partial charge is 0.0622 e. The minimum absolute atomic E-state index is 0.250. The Balaban J connectivity index is 2.90. The smallest absolute Gasteiger partial charge is 0.0132 e. The Morgan fingerprint density at radius 1 is 1.29 bits per heavy atom. The van der Waals surface area contributed by atoms with Gasteiger partial charge in [-0.25, -0.2) is 0 Å². The second-order valence-corrected chi connectivity index (χ2v) is 5.26. The highest BCUT2D eigenvalue weighted by molar-refractivity contribution is 5.28. The third kappa shape index (κ3) is 3.17. The molecular formula is C14H21. The third-order valence-corrected chi connectivity index (χ3v) is 2.38. The van der Waals surface area contributed by atoms with E-state index in [1.807, 2.05) is 0 Å². The summed E-state index contributed by atoms with van der Waals surface area (Å²) >= 11 is 0. The first-order valence-corrected chi connectivity index (χ1v) is 5.32. The van der Waals surface area contributed by atoms with Crippen molar-refractivity contribution < 1.29 is 0 Å². The Bertz CT molecular complexity index is 289. The van der Waals surface area contributed by atoms with Gasteiger partial charge in [-0.05, 0) is 28.9 Å². The first-order valence-electron chi connectivity index (χ1n) is 5.32. The molecule has 0 aliphatic rings. The number of rotatable bonds is 2. The zero-order valence-corrected chi connectivity index (χ0v) is 9.80. The first kappa shape index (κ1) is 11.3. The number of benzene rings is 1. The molecule has 0 spiro atoms. The van der Waals surface area contributed by atoms with E-state index in [-0.39, 0.29) is 5.41 Å². The second-order valence-electron chi connectivity index (χ2n) is 5.26. The molecule has 0 saturated heterocycles. The molecule has 1 aromatic carbocycles. The minimum atomic E-state index is 0.250. The van der Waals surface area contributed by atoms with Crippen LogP contribution < -0.4 is 0 Å². The van der Waals surface area contributed by atoms with Crippen molar-refractivity contribution in [2.24, 2.45) is 5.92 Å². The van der Waals surface area contributed by atoms with Gasteiger partial charge in [0.05, 0.1) is 0 Å². The summed E-state index contributed by atoms with van der Waals surface area (Å²) in [6, 6.07) is 8.86. The van der Waals surface area contributed by atoms with E-state index in [9.17, 15) is 0 Å². The Hall–Kier alpha value is -0.780. The van der Waals surface area contributed by atoms with E-state index >= 15 is 0 Å². The van der Waals surface area contributed by atoms with Gasteiger partial charge in [-0.3, -0.25) is 0 Å². The lowest BCUT2D eigenvalue weighted by molar-refractivity contribution is 0.588. The molecular weight excluding hydrogens is 168 g/mol. The van der Waals surface area contributed by atoms with E-state index in [1.54, 1.807) is 0 Å². The van der Waals surface area contributed by atoms with Crippen molar-refractivity contribution >= 4 is 0 Å². The monoisotopic (exact) mass is 189 g/mol. The lowest BCUT2D eigenvalue weighted by Crippen LogP contribution is -2.11. The lowest BCUT2D eigenvalue weighted by atomic mass is 9.85. The molecule has 14 heavy (non-hydrogen) atoms. The van der Waals surface area contributed by atoms with Crippen LogP contribution in [0.25, 0.3) is 0 Å². The van der Waals surface area contributed by atoms with Crippen LogP contribution in [-0.4, -0.2) is 0 Å². The van der Waals surface area contributed by atoms with Crippen LogP contribution in [0.4, 0.5) is 0 Å². The van der Waals surface area contributed by atoms with Gasteiger partial charge in [0, 0.05) is 0 Å². The van der Waals surface area contributed by atoms with Crippen molar-refractivity contribution in [2.45, 2.75) is 39.5 Å². The molecule has 0 aromatic heterocycles. The lowest BCUT2D eigenvalue weighted by Gasteiger charge is -2.20. The Kier molecular flexibility index (Phi) is 3.36. The molecule has 0 fully saturated rings. The molecule has 0 heteroatoms. The van der Waals surface area contributed by atoms with Gasteiger partial charge >= 0.3 is 0 Å². The average Bonchev–Trinajstić information content (AvgIpc) is 2.01. The minimum Gasteiger partial charge on any atom is -0.0622 e. The van der Waals surface area contributed by atoms with Gasteiger partial charge in [0.2, 0.25) is 0 Å². The standard InChI is InChI=1S/C14H21/c1-11(2)9-12-7-6-8-13(10-12)14(3,4)5/h6-8,10-11H,1,9H2,2-5H3. The summed E-state index contributed by atoms with van der Waals surface area (Å²) in [6.07, 6.45) is 1.07. The van der Waals surface area contributed by atoms with Gasteiger partial charge < -0.3 is 0 Å². The van der Waals surface area contributed by atoms with Gasteiger partial charge in [-0.15, -0.1) is 0 Å². The quantitative estimate of drug-likeness (QED) is 0.659. The van der Waals surface area contributed by atoms with Gasteiger partial charge in [-0.1, -0.05) is 58.9 Å². The topological polar surface area (TPSA) is 0 Å². The summed E-state index contributed by atoms with van der Waals surface area (Å²) in [5.74, 6) is 0.491. The van der Waals surface area contributed by atoms with E-state index in [0.717, 1.165) is 6.42 Å². The summed E-state index contributed by atoms with van der Waals surface area (Å²) in [5.41, 5.74) is 3.07. The maximum atomic E-state index is 4.03. The van der Waals surface area contributed by atoms with E-state index in [2.05, 4.69) is 58.9 Å². The van der Waals surface area contributed by atoms with Crippen LogP contribution in [0, 0.1) is 12.8 Å². The van der Waals surface area contributed by atoms with Crippen LogP contribution in [0.1, 0.15) is 38.8 Å². The van der Waals surface area contributed by atoms with E-state index < -0.39 is 0 Å². The third-order valence-electron chi connectivity index (χ3n) is 2.38. The fourth-order valence-corrected chi connectivity index (χ4v) is 1.57. The molecule has 0 bridgehead atoms. The molecule has 1 aromatic rings. The molecule has 0 nitrogen and oxygen atoms in total. The SMILES string of the molecule is [CH2]C(C)Cc1cccc(C(C)(C)C)c1. The van der Waals surface area contributed by atoms with Crippen molar-refractivity contribution in [3.63, 3.8) is 0 Å². The molecule has 1 unspecified atom stereocenters. The fourth-order valence-electron chi connectivity index (χ4n) is 1.57. The summed E-state index contributed by atoms with van der Waals surface area (Å²) < 4.78 is 0. The van der Waals surface area contributed by atoms with Crippen LogP contribution >= 0.6 is 0 Å². The molecule has 0 N–H and O–H groups in total. The van der Waals surface area contributed by atoms with Crippen molar-refractivity contribution in [3.8, 4) is 0 Å². The molecule has 1 rings (SSSR count). The van der Waals surface area contributed by atoms with Gasteiger partial charge in [0.1, 0.15) is 0 Å². The maximum Gasteiger partial charge on any atom is -0.0132 e. The fraction of sp³-hybridized carbons (Fsp3) is 0.500. The van der Waals surface area contributed by atoms with E-state index in [4.69, 9.17) is 0 Å². The van der Waals surface area contributed by atoms with Crippen molar-refractivity contribution in [2.75, 3.05) is 0 Å². The highest BCUT2D eigenvalue weighted by atomic mass is 14.2. The molecule has 0 heterocycles. The van der Waals surface area contributed by atoms with Crippen molar-refractivity contribution in [1.82, 2.24) is 0 Å². The van der Waals surface area contributed by atoms with Gasteiger partial charge in [0.15, 0.2) is 0 Å². The van der Waals surface area contributed by atoms with Crippen molar-refractivity contribution in [1.29, 1.82) is 0 Å². The zero-order chi connectivity index (χ0) is 10.8. The first-order chi connectivity index (χ1) is 6.39. The second kappa shape index (κ2) is 4.16. The van der Waals surface area contributed by atoms with E-state index in [1.165, 1.54) is 11.1 Å². The Labute approximate surface area is 88.4 Å². The molecule has 0 amide bonds. The summed E-state index contributed by atoms with van der Waals surface area (Å²) in [7, 11) is 0. The summed E-state index contributed by atoms with van der Waals surface area (Å²) in [6.45, 7) is 12.9. The predicted molar refractivity (Wildman–Crippen MR) is 63.4 cm³/mol. The molecule has 0 aliphatic heterocycles. The molecule has 0 saturated carbocycles. The highest BCUT2D eigenvalue weighted by Crippen LogP contribution is 2.23. The molecule has 77 valence electrons. The zero-order valence-electron chi connectivity index (χ0n) is 9.80. The Morgan fingerprint density at radius 2 is 1.93 bits per heavy atom. The van der Waals surface area contributed by atoms with Crippen molar-refractivity contribution in [3.05, 3.63) is 42.3 Å². The normalized spacial score (nSPS) is 12.1. The Morgan fingerprint density at radius 3 is 2.43 bits per heavy atom. The summed E-state index contributed by atoms with van der Waals surface area (Å²) in [4.78, 5) is 0.